The first-order valence-electron chi connectivity index (χ1n) is 6.27. The van der Waals surface area contributed by atoms with Gasteiger partial charge in [0, 0.05) is 5.69 Å². The van der Waals surface area contributed by atoms with Crippen LogP contribution in [0.5, 0.6) is 0 Å². The van der Waals surface area contributed by atoms with E-state index in [1.165, 1.54) is 0 Å². The predicted octanol–water partition coefficient (Wildman–Crippen LogP) is 1.86. The Balaban J connectivity index is 2.97. The van der Waals surface area contributed by atoms with E-state index in [-0.39, 0.29) is 12.5 Å². The maximum Gasteiger partial charge on any atom is 0.253 e. The van der Waals surface area contributed by atoms with Gasteiger partial charge in [-0.05, 0) is 31.9 Å². The molecule has 0 aliphatic rings. The molecule has 0 aliphatic carbocycles. The molecular weight excluding hydrogens is 228 g/mol. The lowest BCUT2D eigenvalue weighted by Gasteiger charge is -2.31. The van der Waals surface area contributed by atoms with E-state index < -0.39 is 5.54 Å². The summed E-state index contributed by atoms with van der Waals surface area (Å²) in [6.07, 6.45) is 1.36. The van der Waals surface area contributed by atoms with Crippen LogP contribution in [0.3, 0.4) is 0 Å². The van der Waals surface area contributed by atoms with Crippen molar-refractivity contribution in [1.29, 1.82) is 0 Å². The van der Waals surface area contributed by atoms with Crippen molar-refractivity contribution >= 4 is 11.6 Å². The number of aryl methyl sites for hydroxylation is 1. The number of anilines is 1. The van der Waals surface area contributed by atoms with E-state index >= 15 is 0 Å². The zero-order valence-corrected chi connectivity index (χ0v) is 11.3. The van der Waals surface area contributed by atoms with Crippen LogP contribution in [0.2, 0.25) is 0 Å². The minimum atomic E-state index is -0.562. The van der Waals surface area contributed by atoms with Gasteiger partial charge in [-0.15, -0.1) is 0 Å². The minimum Gasteiger partial charge on any atom is -0.398 e. The molecule has 0 bridgehead atoms. The Morgan fingerprint density at radius 2 is 2.00 bits per heavy atom. The molecule has 1 aromatic rings. The molecule has 0 fully saturated rings. The Morgan fingerprint density at radius 1 is 1.39 bits per heavy atom. The van der Waals surface area contributed by atoms with Crippen LogP contribution in [0.1, 0.15) is 42.6 Å². The Bertz CT molecular complexity index is 418. The van der Waals surface area contributed by atoms with Gasteiger partial charge in [0.1, 0.15) is 0 Å². The Hall–Kier alpha value is -1.55. The standard InChI is InChI=1S/C14H22N2O2/c1-4-14(5-2,9-17)16-13(18)11-8-10(3)6-7-12(11)15/h6-8,17H,4-5,9,15H2,1-3H3,(H,16,18). The lowest BCUT2D eigenvalue weighted by Crippen LogP contribution is -2.50. The molecule has 1 amide bonds. The average Bonchev–Trinajstić information content (AvgIpc) is 2.38. The number of carbonyl (C=O) groups excluding carboxylic acids is 1. The minimum absolute atomic E-state index is 0.0720. The fourth-order valence-corrected chi connectivity index (χ4v) is 1.86. The van der Waals surface area contributed by atoms with Crippen molar-refractivity contribution in [3.8, 4) is 0 Å². The van der Waals surface area contributed by atoms with Crippen molar-refractivity contribution < 1.29 is 9.90 Å². The summed E-state index contributed by atoms with van der Waals surface area (Å²) in [4.78, 5) is 12.2. The second-order valence-electron chi connectivity index (χ2n) is 4.69. The molecule has 0 atom stereocenters. The van der Waals surface area contributed by atoms with Crippen LogP contribution >= 0.6 is 0 Å². The fraction of sp³-hybridized carbons (Fsp3) is 0.500. The molecule has 0 spiro atoms. The number of hydrogen-bond acceptors (Lipinski definition) is 3. The van der Waals surface area contributed by atoms with Gasteiger partial charge in [-0.2, -0.15) is 0 Å². The lowest BCUT2D eigenvalue weighted by molar-refractivity contribution is 0.0818. The van der Waals surface area contributed by atoms with Gasteiger partial charge in [-0.25, -0.2) is 0 Å². The molecule has 1 rings (SSSR count). The molecule has 0 unspecified atom stereocenters. The highest BCUT2D eigenvalue weighted by Crippen LogP contribution is 2.18. The third kappa shape index (κ3) is 3.01. The summed E-state index contributed by atoms with van der Waals surface area (Å²) in [6, 6.07) is 5.35. The van der Waals surface area contributed by atoms with Crippen molar-refractivity contribution in [1.82, 2.24) is 5.32 Å². The van der Waals surface area contributed by atoms with Gasteiger partial charge in [0.05, 0.1) is 17.7 Å². The maximum absolute atomic E-state index is 12.2. The van der Waals surface area contributed by atoms with Gasteiger partial charge in [-0.1, -0.05) is 25.5 Å². The third-order valence-electron chi connectivity index (χ3n) is 3.49. The predicted molar refractivity (Wildman–Crippen MR) is 73.5 cm³/mol. The topological polar surface area (TPSA) is 75.3 Å². The molecule has 0 saturated heterocycles. The van der Waals surface area contributed by atoms with Crippen molar-refractivity contribution in [2.45, 2.75) is 39.2 Å². The van der Waals surface area contributed by atoms with Gasteiger partial charge in [0.25, 0.3) is 5.91 Å². The normalized spacial score (nSPS) is 11.3. The largest absolute Gasteiger partial charge is 0.398 e. The molecule has 4 heteroatoms. The van der Waals surface area contributed by atoms with E-state index in [1.54, 1.807) is 12.1 Å². The van der Waals surface area contributed by atoms with E-state index in [9.17, 15) is 9.90 Å². The molecule has 0 saturated carbocycles. The van der Waals surface area contributed by atoms with Crippen LogP contribution in [-0.2, 0) is 0 Å². The first-order valence-corrected chi connectivity index (χ1v) is 6.27. The number of carbonyl (C=O) groups is 1. The molecule has 0 heterocycles. The summed E-state index contributed by atoms with van der Waals surface area (Å²) in [6.45, 7) is 5.73. The van der Waals surface area contributed by atoms with E-state index in [0.717, 1.165) is 5.56 Å². The molecule has 0 aliphatic heterocycles. The smallest absolute Gasteiger partial charge is 0.253 e. The number of rotatable bonds is 5. The van der Waals surface area contributed by atoms with Crippen LogP contribution in [-0.4, -0.2) is 23.2 Å². The molecule has 1 aromatic carbocycles. The number of nitrogens with one attached hydrogen (secondary N) is 1. The van der Waals surface area contributed by atoms with Gasteiger partial charge >= 0.3 is 0 Å². The molecule has 4 nitrogen and oxygen atoms in total. The second-order valence-corrected chi connectivity index (χ2v) is 4.69. The summed E-state index contributed by atoms with van der Waals surface area (Å²) >= 11 is 0. The fourth-order valence-electron chi connectivity index (χ4n) is 1.86. The van der Waals surface area contributed by atoms with Crippen molar-refractivity contribution in [2.75, 3.05) is 12.3 Å². The quantitative estimate of drug-likeness (QED) is 0.698. The second kappa shape index (κ2) is 5.87. The number of benzene rings is 1. The number of amides is 1. The summed E-state index contributed by atoms with van der Waals surface area (Å²) in [5, 5.41) is 12.3. The van der Waals surface area contributed by atoms with Crippen LogP contribution in [0.15, 0.2) is 18.2 Å². The van der Waals surface area contributed by atoms with Gasteiger partial charge in [0.15, 0.2) is 0 Å². The number of aliphatic hydroxyl groups excluding tert-OH is 1. The summed E-state index contributed by atoms with van der Waals surface area (Å²) in [5.41, 5.74) is 7.15. The zero-order valence-electron chi connectivity index (χ0n) is 11.3. The van der Waals surface area contributed by atoms with Crippen molar-refractivity contribution in [2.24, 2.45) is 0 Å². The van der Waals surface area contributed by atoms with Crippen molar-refractivity contribution in [3.63, 3.8) is 0 Å². The average molecular weight is 250 g/mol. The van der Waals surface area contributed by atoms with Crippen LogP contribution in [0, 0.1) is 6.92 Å². The van der Waals surface area contributed by atoms with Crippen LogP contribution < -0.4 is 11.1 Å². The zero-order chi connectivity index (χ0) is 13.8. The SMILES string of the molecule is CCC(CC)(CO)NC(=O)c1cc(C)ccc1N. The van der Waals surface area contributed by atoms with Crippen molar-refractivity contribution in [3.05, 3.63) is 29.3 Å². The molecule has 4 N–H and O–H groups in total. The van der Waals surface area contributed by atoms with Crippen LogP contribution in [0.25, 0.3) is 0 Å². The number of aliphatic hydroxyl groups is 1. The number of nitrogens with two attached hydrogens (primary N) is 1. The first kappa shape index (κ1) is 14.5. The lowest BCUT2D eigenvalue weighted by atomic mass is 9.93. The van der Waals surface area contributed by atoms with Gasteiger partial charge < -0.3 is 16.2 Å². The summed E-state index contributed by atoms with van der Waals surface area (Å²) < 4.78 is 0. The molecule has 0 radical (unpaired) electrons. The molecule has 0 aromatic heterocycles. The maximum atomic E-state index is 12.2. The molecular formula is C14H22N2O2. The van der Waals surface area contributed by atoms with Gasteiger partial charge in [-0.3, -0.25) is 4.79 Å². The van der Waals surface area contributed by atoms with E-state index in [1.807, 2.05) is 26.8 Å². The van der Waals surface area contributed by atoms with E-state index in [4.69, 9.17) is 5.73 Å². The monoisotopic (exact) mass is 250 g/mol. The highest BCUT2D eigenvalue weighted by Gasteiger charge is 2.28. The van der Waals surface area contributed by atoms with Gasteiger partial charge in [0.2, 0.25) is 0 Å². The highest BCUT2D eigenvalue weighted by molar-refractivity contribution is 5.99. The molecule has 100 valence electrons. The number of nitrogen functional groups attached to an aromatic ring is 1. The summed E-state index contributed by atoms with van der Waals surface area (Å²) in [7, 11) is 0. The Kier molecular flexibility index (Phi) is 4.73. The Labute approximate surface area is 108 Å². The van der Waals surface area contributed by atoms with Crippen LogP contribution in [0.4, 0.5) is 5.69 Å². The molecule has 18 heavy (non-hydrogen) atoms. The highest BCUT2D eigenvalue weighted by atomic mass is 16.3. The van der Waals surface area contributed by atoms with E-state index in [0.29, 0.717) is 24.1 Å². The van der Waals surface area contributed by atoms with E-state index in [2.05, 4.69) is 5.32 Å². The number of hydrogen-bond donors (Lipinski definition) is 3. The Morgan fingerprint density at radius 3 is 2.50 bits per heavy atom. The third-order valence-corrected chi connectivity index (χ3v) is 3.49. The summed E-state index contributed by atoms with van der Waals surface area (Å²) in [5.74, 6) is -0.228. The first-order chi connectivity index (χ1) is 8.48.